The molecule has 6 heteroatoms. The molecule has 192 valence electrons. The average Bonchev–Trinajstić information content (AvgIpc) is 3.37. The number of anilines is 1. The molecule has 1 heterocycles. The van der Waals surface area contributed by atoms with Gasteiger partial charge in [0, 0.05) is 30.2 Å². The molecule has 1 aliphatic carbocycles. The lowest BCUT2D eigenvalue weighted by atomic mass is 9.85. The Morgan fingerprint density at radius 1 is 0.971 bits per heavy atom. The van der Waals surface area contributed by atoms with Crippen LogP contribution in [-0.4, -0.2) is 33.7 Å². The van der Waals surface area contributed by atoms with Gasteiger partial charge >= 0.3 is 6.09 Å². The Kier molecular flexibility index (Phi) is 10.4. The number of imidazole rings is 1. The second kappa shape index (κ2) is 13.5. The quantitative estimate of drug-likeness (QED) is 0.310. The number of amides is 1. The van der Waals surface area contributed by atoms with Crippen molar-refractivity contribution >= 4 is 17.7 Å². The lowest BCUT2D eigenvalue weighted by molar-refractivity contribution is 0.0579. The van der Waals surface area contributed by atoms with Gasteiger partial charge < -0.3 is 4.74 Å². The molecule has 0 N–H and O–H groups in total. The zero-order valence-corrected chi connectivity index (χ0v) is 21.9. The van der Waals surface area contributed by atoms with Gasteiger partial charge in [0.2, 0.25) is 0 Å². The van der Waals surface area contributed by atoms with Crippen molar-refractivity contribution in [2.45, 2.75) is 103 Å². The first-order chi connectivity index (χ1) is 16.8. The van der Waals surface area contributed by atoms with Crippen LogP contribution in [0.25, 0.3) is 0 Å². The molecule has 0 bridgehead atoms. The standard InChI is InChI=1S/C29H43N3O3/c1-29(2,3)35-28(34)32(21-12-7-5-4-6-9-13-24-14-10-8-11-15-24)26-18-16-25(17-19-26)27(33)31-22-20-30-23-31/h16-20,22-24H,4-15,21H2,1-3H3. The van der Waals surface area contributed by atoms with E-state index in [1.165, 1.54) is 75.1 Å². The minimum absolute atomic E-state index is 0.152. The van der Waals surface area contributed by atoms with E-state index in [1.54, 1.807) is 29.4 Å². The van der Waals surface area contributed by atoms with Gasteiger partial charge in [0.1, 0.15) is 11.9 Å². The third kappa shape index (κ3) is 9.15. The van der Waals surface area contributed by atoms with E-state index in [0.29, 0.717) is 12.1 Å². The van der Waals surface area contributed by atoms with Crippen LogP contribution in [0.2, 0.25) is 0 Å². The Labute approximate surface area is 211 Å². The number of hydrogen-bond donors (Lipinski definition) is 0. The second-order valence-electron chi connectivity index (χ2n) is 10.9. The van der Waals surface area contributed by atoms with Crippen molar-refractivity contribution in [2.24, 2.45) is 5.92 Å². The van der Waals surface area contributed by atoms with Crippen LogP contribution in [0.15, 0.2) is 43.0 Å². The number of nitrogens with zero attached hydrogens (tertiary/aromatic N) is 3. The predicted octanol–water partition coefficient (Wildman–Crippen LogP) is 7.62. The van der Waals surface area contributed by atoms with Crippen molar-refractivity contribution in [3.63, 3.8) is 0 Å². The minimum atomic E-state index is -0.564. The fourth-order valence-electron chi connectivity index (χ4n) is 4.84. The van der Waals surface area contributed by atoms with Crippen molar-refractivity contribution in [1.29, 1.82) is 0 Å². The van der Waals surface area contributed by atoms with Crippen LogP contribution < -0.4 is 4.90 Å². The Hall–Kier alpha value is -2.63. The first kappa shape index (κ1) is 27.0. The average molecular weight is 482 g/mol. The first-order valence-electron chi connectivity index (χ1n) is 13.5. The highest BCUT2D eigenvalue weighted by Crippen LogP contribution is 2.28. The number of aromatic nitrogens is 2. The topological polar surface area (TPSA) is 64.4 Å². The summed E-state index contributed by atoms with van der Waals surface area (Å²) in [5.41, 5.74) is 0.725. The normalized spacial score (nSPS) is 14.6. The van der Waals surface area contributed by atoms with Gasteiger partial charge in [0.15, 0.2) is 0 Å². The van der Waals surface area contributed by atoms with Gasteiger partial charge in [0.05, 0.1) is 0 Å². The number of carbonyl (C=O) groups is 2. The largest absolute Gasteiger partial charge is 0.443 e. The summed E-state index contributed by atoms with van der Waals surface area (Å²) in [6.45, 7) is 6.24. The summed E-state index contributed by atoms with van der Waals surface area (Å²) in [5, 5.41) is 0. The summed E-state index contributed by atoms with van der Waals surface area (Å²) in [6, 6.07) is 7.14. The fraction of sp³-hybridized carbons (Fsp3) is 0.621. The Balaban J connectivity index is 1.47. The van der Waals surface area contributed by atoms with Gasteiger partial charge in [0.25, 0.3) is 5.91 Å². The molecule has 0 aliphatic heterocycles. The Morgan fingerprint density at radius 3 is 2.26 bits per heavy atom. The monoisotopic (exact) mass is 481 g/mol. The van der Waals surface area contributed by atoms with Gasteiger partial charge in [-0.1, -0.05) is 70.6 Å². The van der Waals surface area contributed by atoms with Crippen LogP contribution in [0, 0.1) is 5.92 Å². The number of carbonyl (C=O) groups excluding carboxylic acids is 2. The number of benzene rings is 1. The summed E-state index contributed by atoms with van der Waals surface area (Å²) in [6.07, 6.45) is 20.1. The molecule has 0 unspecified atom stereocenters. The lowest BCUT2D eigenvalue weighted by Crippen LogP contribution is -2.37. The molecule has 1 aliphatic rings. The summed E-state index contributed by atoms with van der Waals surface area (Å²) in [4.78, 5) is 31.1. The summed E-state index contributed by atoms with van der Waals surface area (Å²) in [5.74, 6) is 0.828. The zero-order chi connectivity index (χ0) is 25.1. The summed E-state index contributed by atoms with van der Waals surface area (Å²) < 4.78 is 7.11. The molecular formula is C29H43N3O3. The zero-order valence-electron chi connectivity index (χ0n) is 21.9. The maximum atomic E-state index is 12.9. The Bertz CT molecular complexity index is 894. The van der Waals surface area contributed by atoms with Crippen molar-refractivity contribution in [3.05, 3.63) is 48.5 Å². The van der Waals surface area contributed by atoms with Crippen molar-refractivity contribution < 1.29 is 14.3 Å². The molecular weight excluding hydrogens is 438 g/mol. The number of rotatable bonds is 11. The molecule has 0 atom stereocenters. The third-order valence-corrected chi connectivity index (χ3v) is 6.75. The molecule has 1 saturated carbocycles. The number of hydrogen-bond acceptors (Lipinski definition) is 4. The van der Waals surface area contributed by atoms with E-state index in [1.807, 2.05) is 32.9 Å². The maximum absolute atomic E-state index is 12.9. The van der Waals surface area contributed by atoms with E-state index in [9.17, 15) is 9.59 Å². The van der Waals surface area contributed by atoms with Crippen LogP contribution in [0.3, 0.4) is 0 Å². The minimum Gasteiger partial charge on any atom is -0.443 e. The first-order valence-corrected chi connectivity index (χ1v) is 13.5. The van der Waals surface area contributed by atoms with Gasteiger partial charge in [-0.2, -0.15) is 0 Å². The molecule has 0 saturated heterocycles. The number of unbranched alkanes of at least 4 members (excludes halogenated alkanes) is 5. The molecule has 1 aromatic heterocycles. The number of ether oxygens (including phenoxy) is 1. The summed E-state index contributed by atoms with van der Waals surface area (Å²) in [7, 11) is 0. The van der Waals surface area contributed by atoms with E-state index in [-0.39, 0.29) is 12.0 Å². The molecule has 1 aromatic carbocycles. The molecule has 6 nitrogen and oxygen atoms in total. The van der Waals surface area contributed by atoms with Crippen LogP contribution in [0.4, 0.5) is 10.5 Å². The van der Waals surface area contributed by atoms with Crippen LogP contribution in [-0.2, 0) is 4.74 Å². The Morgan fingerprint density at radius 2 is 1.63 bits per heavy atom. The van der Waals surface area contributed by atoms with Gasteiger partial charge in [-0.05, 0) is 57.4 Å². The third-order valence-electron chi connectivity index (χ3n) is 6.75. The predicted molar refractivity (Wildman–Crippen MR) is 141 cm³/mol. The highest BCUT2D eigenvalue weighted by molar-refractivity contribution is 5.96. The SMILES string of the molecule is CC(C)(C)OC(=O)N(CCCCCCCCC1CCCCC1)c1ccc(C(=O)n2ccnc2)cc1. The van der Waals surface area contributed by atoms with Crippen LogP contribution in [0.1, 0.15) is 108 Å². The van der Waals surface area contributed by atoms with Crippen LogP contribution >= 0.6 is 0 Å². The van der Waals surface area contributed by atoms with Crippen LogP contribution in [0.5, 0.6) is 0 Å². The molecule has 2 aromatic rings. The van der Waals surface area contributed by atoms with E-state index in [0.717, 1.165) is 24.4 Å². The summed E-state index contributed by atoms with van der Waals surface area (Å²) >= 11 is 0. The van der Waals surface area contributed by atoms with Crippen molar-refractivity contribution in [1.82, 2.24) is 9.55 Å². The molecule has 0 radical (unpaired) electrons. The molecule has 1 fully saturated rings. The van der Waals surface area contributed by atoms with E-state index < -0.39 is 5.60 Å². The van der Waals surface area contributed by atoms with Gasteiger partial charge in [-0.15, -0.1) is 0 Å². The van der Waals surface area contributed by atoms with E-state index in [2.05, 4.69) is 4.98 Å². The molecule has 3 rings (SSSR count). The second-order valence-corrected chi connectivity index (χ2v) is 10.9. The fourth-order valence-corrected chi connectivity index (χ4v) is 4.84. The molecule has 35 heavy (non-hydrogen) atoms. The molecule has 0 spiro atoms. The van der Waals surface area contributed by atoms with Crippen molar-refractivity contribution in [3.8, 4) is 0 Å². The van der Waals surface area contributed by atoms with Gasteiger partial charge in [-0.25, -0.2) is 9.78 Å². The van der Waals surface area contributed by atoms with Crippen molar-refractivity contribution in [2.75, 3.05) is 11.4 Å². The van der Waals surface area contributed by atoms with E-state index >= 15 is 0 Å². The lowest BCUT2D eigenvalue weighted by Gasteiger charge is -2.27. The van der Waals surface area contributed by atoms with E-state index in [4.69, 9.17) is 4.74 Å². The smallest absolute Gasteiger partial charge is 0.414 e. The maximum Gasteiger partial charge on any atom is 0.414 e. The molecule has 1 amide bonds. The highest BCUT2D eigenvalue weighted by atomic mass is 16.6. The van der Waals surface area contributed by atoms with Gasteiger partial charge in [-0.3, -0.25) is 14.3 Å². The highest BCUT2D eigenvalue weighted by Gasteiger charge is 2.23.